The minimum atomic E-state index is 0.775. The van der Waals surface area contributed by atoms with Crippen LogP contribution in [0.1, 0.15) is 6.92 Å². The average Bonchev–Trinajstić information content (AvgIpc) is 2.15. The van der Waals surface area contributed by atoms with Crippen LogP contribution in [0.15, 0.2) is 24.3 Å². The first-order valence-corrected chi connectivity index (χ1v) is 4.91. The van der Waals surface area contributed by atoms with Crippen LogP contribution in [0.3, 0.4) is 0 Å². The van der Waals surface area contributed by atoms with Gasteiger partial charge in [0.25, 0.3) is 0 Å². The molecule has 0 saturated heterocycles. The van der Waals surface area contributed by atoms with Gasteiger partial charge in [-0.1, -0.05) is 18.5 Å². The molecule has 0 bridgehead atoms. The lowest BCUT2D eigenvalue weighted by Crippen LogP contribution is -2.21. The maximum atomic E-state index is 5.76. The zero-order valence-electron chi connectivity index (χ0n) is 7.81. The van der Waals surface area contributed by atoms with Gasteiger partial charge in [-0.3, -0.25) is 0 Å². The molecule has 0 spiro atoms. The lowest BCUT2D eigenvalue weighted by Gasteiger charge is -2.06. The van der Waals surface area contributed by atoms with E-state index in [1.165, 1.54) is 0 Å². The molecule has 0 saturated carbocycles. The van der Waals surface area contributed by atoms with Crippen molar-refractivity contribution in [1.29, 1.82) is 0 Å². The van der Waals surface area contributed by atoms with Gasteiger partial charge in [0.1, 0.15) is 0 Å². The van der Waals surface area contributed by atoms with Crippen LogP contribution >= 0.6 is 11.6 Å². The summed E-state index contributed by atoms with van der Waals surface area (Å²) in [5.41, 5.74) is 1.11. The molecule has 1 rings (SSSR count). The molecule has 0 unspecified atom stereocenters. The maximum absolute atomic E-state index is 5.76. The third kappa shape index (κ3) is 4.15. The van der Waals surface area contributed by atoms with Crippen molar-refractivity contribution in [2.45, 2.75) is 6.92 Å². The van der Waals surface area contributed by atoms with Crippen LogP contribution < -0.4 is 10.6 Å². The van der Waals surface area contributed by atoms with E-state index >= 15 is 0 Å². The first-order chi connectivity index (χ1) is 6.33. The number of nitrogens with one attached hydrogen (secondary N) is 2. The van der Waals surface area contributed by atoms with Gasteiger partial charge in [0, 0.05) is 23.8 Å². The smallest absolute Gasteiger partial charge is 0.0407 e. The molecule has 0 radical (unpaired) electrons. The van der Waals surface area contributed by atoms with E-state index in [0.717, 1.165) is 30.3 Å². The SMILES string of the molecule is CCNCCNc1ccc(Cl)cc1. The van der Waals surface area contributed by atoms with E-state index in [1.807, 2.05) is 24.3 Å². The van der Waals surface area contributed by atoms with Gasteiger partial charge in [-0.25, -0.2) is 0 Å². The highest BCUT2D eigenvalue weighted by atomic mass is 35.5. The predicted octanol–water partition coefficient (Wildman–Crippen LogP) is 2.36. The van der Waals surface area contributed by atoms with Gasteiger partial charge in [0.2, 0.25) is 0 Å². The van der Waals surface area contributed by atoms with E-state index in [4.69, 9.17) is 11.6 Å². The number of hydrogen-bond acceptors (Lipinski definition) is 2. The Morgan fingerprint density at radius 1 is 1.15 bits per heavy atom. The number of halogens is 1. The second-order valence-electron chi connectivity index (χ2n) is 2.79. The number of hydrogen-bond donors (Lipinski definition) is 2. The molecule has 1 aromatic carbocycles. The summed E-state index contributed by atoms with van der Waals surface area (Å²) in [7, 11) is 0. The van der Waals surface area contributed by atoms with Crippen molar-refractivity contribution < 1.29 is 0 Å². The Kier molecular flexibility index (Phi) is 4.65. The molecular weight excluding hydrogens is 184 g/mol. The predicted molar refractivity (Wildman–Crippen MR) is 58.5 cm³/mol. The van der Waals surface area contributed by atoms with Gasteiger partial charge in [-0.15, -0.1) is 0 Å². The summed E-state index contributed by atoms with van der Waals surface area (Å²) in [4.78, 5) is 0. The summed E-state index contributed by atoms with van der Waals surface area (Å²) in [6, 6.07) is 7.73. The summed E-state index contributed by atoms with van der Waals surface area (Å²) in [5.74, 6) is 0. The molecule has 0 aliphatic heterocycles. The molecule has 0 aliphatic carbocycles. The lowest BCUT2D eigenvalue weighted by atomic mass is 10.3. The van der Waals surface area contributed by atoms with Gasteiger partial charge in [-0.2, -0.15) is 0 Å². The summed E-state index contributed by atoms with van der Waals surface area (Å²) < 4.78 is 0. The Bertz CT molecular complexity index is 233. The van der Waals surface area contributed by atoms with Gasteiger partial charge in [0.15, 0.2) is 0 Å². The van der Waals surface area contributed by atoms with E-state index < -0.39 is 0 Å². The molecule has 0 atom stereocenters. The maximum Gasteiger partial charge on any atom is 0.0407 e. The molecule has 3 heteroatoms. The lowest BCUT2D eigenvalue weighted by molar-refractivity contribution is 0.739. The first kappa shape index (κ1) is 10.4. The number of likely N-dealkylation sites (N-methyl/N-ethyl adjacent to an activating group) is 1. The second-order valence-corrected chi connectivity index (χ2v) is 3.22. The first-order valence-electron chi connectivity index (χ1n) is 4.53. The highest BCUT2D eigenvalue weighted by Gasteiger charge is 1.90. The quantitative estimate of drug-likeness (QED) is 0.710. The number of rotatable bonds is 5. The summed E-state index contributed by atoms with van der Waals surface area (Å²) in [6.07, 6.45) is 0. The summed E-state index contributed by atoms with van der Waals surface area (Å²) in [6.45, 7) is 5.04. The molecule has 13 heavy (non-hydrogen) atoms. The Morgan fingerprint density at radius 3 is 2.46 bits per heavy atom. The molecule has 0 aliphatic rings. The topological polar surface area (TPSA) is 24.1 Å². The standard InChI is InChI=1S/C10H15ClN2/c1-2-12-7-8-13-10-5-3-9(11)4-6-10/h3-6,12-13H,2,7-8H2,1H3. The Morgan fingerprint density at radius 2 is 1.85 bits per heavy atom. The van der Waals surface area contributed by atoms with Crippen LogP contribution in [0, 0.1) is 0 Å². The van der Waals surface area contributed by atoms with Crippen molar-refractivity contribution in [3.8, 4) is 0 Å². The highest BCUT2D eigenvalue weighted by molar-refractivity contribution is 6.30. The Labute approximate surface area is 84.3 Å². The molecule has 2 N–H and O–H groups in total. The van der Waals surface area contributed by atoms with E-state index in [2.05, 4.69) is 17.6 Å². The van der Waals surface area contributed by atoms with Crippen LogP contribution in [-0.4, -0.2) is 19.6 Å². The second kappa shape index (κ2) is 5.84. The van der Waals surface area contributed by atoms with Gasteiger partial charge < -0.3 is 10.6 Å². The Hall–Kier alpha value is -0.730. The molecule has 72 valence electrons. The number of anilines is 1. The highest BCUT2D eigenvalue weighted by Crippen LogP contribution is 2.12. The van der Waals surface area contributed by atoms with Crippen molar-refractivity contribution in [1.82, 2.24) is 5.32 Å². The number of benzene rings is 1. The Balaban J connectivity index is 2.25. The van der Waals surface area contributed by atoms with Gasteiger partial charge in [0.05, 0.1) is 0 Å². The third-order valence-electron chi connectivity index (χ3n) is 1.73. The summed E-state index contributed by atoms with van der Waals surface area (Å²) >= 11 is 5.76. The molecule has 0 amide bonds. The normalized spacial score (nSPS) is 10.0. The molecule has 0 aromatic heterocycles. The fraction of sp³-hybridized carbons (Fsp3) is 0.400. The summed E-state index contributed by atoms with van der Waals surface area (Å²) in [5, 5.41) is 7.30. The van der Waals surface area contributed by atoms with Crippen molar-refractivity contribution >= 4 is 17.3 Å². The van der Waals surface area contributed by atoms with Crippen LogP contribution in [0.5, 0.6) is 0 Å². The minimum Gasteiger partial charge on any atom is -0.384 e. The van der Waals surface area contributed by atoms with Crippen LogP contribution in [0.4, 0.5) is 5.69 Å². The molecule has 0 fully saturated rings. The fourth-order valence-electron chi connectivity index (χ4n) is 1.04. The zero-order valence-corrected chi connectivity index (χ0v) is 8.56. The monoisotopic (exact) mass is 198 g/mol. The minimum absolute atomic E-state index is 0.775. The molecular formula is C10H15ClN2. The van der Waals surface area contributed by atoms with E-state index in [-0.39, 0.29) is 0 Å². The van der Waals surface area contributed by atoms with Crippen molar-refractivity contribution in [2.75, 3.05) is 25.0 Å². The van der Waals surface area contributed by atoms with Crippen LogP contribution in [0.25, 0.3) is 0 Å². The van der Waals surface area contributed by atoms with Crippen LogP contribution in [-0.2, 0) is 0 Å². The van der Waals surface area contributed by atoms with Gasteiger partial charge >= 0.3 is 0 Å². The molecule has 1 aromatic rings. The largest absolute Gasteiger partial charge is 0.384 e. The zero-order chi connectivity index (χ0) is 9.52. The fourth-order valence-corrected chi connectivity index (χ4v) is 1.17. The van der Waals surface area contributed by atoms with Crippen molar-refractivity contribution in [3.63, 3.8) is 0 Å². The van der Waals surface area contributed by atoms with Crippen LogP contribution in [0.2, 0.25) is 5.02 Å². The average molecular weight is 199 g/mol. The molecule has 0 heterocycles. The van der Waals surface area contributed by atoms with Crippen molar-refractivity contribution in [3.05, 3.63) is 29.3 Å². The van der Waals surface area contributed by atoms with E-state index in [1.54, 1.807) is 0 Å². The van der Waals surface area contributed by atoms with E-state index in [0.29, 0.717) is 0 Å². The molecule has 2 nitrogen and oxygen atoms in total. The third-order valence-corrected chi connectivity index (χ3v) is 1.98. The van der Waals surface area contributed by atoms with Crippen molar-refractivity contribution in [2.24, 2.45) is 0 Å². The van der Waals surface area contributed by atoms with E-state index in [9.17, 15) is 0 Å². The van der Waals surface area contributed by atoms with Gasteiger partial charge in [-0.05, 0) is 30.8 Å².